The van der Waals surface area contributed by atoms with Crippen LogP contribution in [-0.2, 0) is 14.3 Å². The van der Waals surface area contributed by atoms with Gasteiger partial charge in [-0.2, -0.15) is 0 Å². The van der Waals surface area contributed by atoms with Crippen LogP contribution in [0.15, 0.2) is 18.2 Å². The smallest absolute Gasteiger partial charge is 0.303 e. The Hall–Kier alpha value is -2.24. The minimum atomic E-state index is -0.488. The summed E-state index contributed by atoms with van der Waals surface area (Å²) in [5.74, 6) is 0.961. The second-order valence-electron chi connectivity index (χ2n) is 5.55. The summed E-state index contributed by atoms with van der Waals surface area (Å²) in [6.07, 6.45) is 3.15. The highest BCUT2D eigenvalue weighted by Gasteiger charge is 2.33. The summed E-state index contributed by atoms with van der Waals surface area (Å²) in [7, 11) is 0. The van der Waals surface area contributed by atoms with Crippen LogP contribution in [0.2, 0.25) is 0 Å². The van der Waals surface area contributed by atoms with E-state index in [0.29, 0.717) is 18.0 Å². The van der Waals surface area contributed by atoms with Crippen LogP contribution < -0.4 is 9.47 Å². The van der Waals surface area contributed by atoms with E-state index in [-0.39, 0.29) is 18.8 Å². The highest BCUT2D eigenvalue weighted by Crippen LogP contribution is 2.38. The van der Waals surface area contributed by atoms with Crippen molar-refractivity contribution in [2.45, 2.75) is 38.3 Å². The van der Waals surface area contributed by atoms with Crippen LogP contribution in [-0.4, -0.2) is 36.7 Å². The molecule has 0 radical (unpaired) electrons. The van der Waals surface area contributed by atoms with Crippen LogP contribution in [0.1, 0.15) is 37.9 Å². The molecule has 118 valence electrons. The summed E-state index contributed by atoms with van der Waals surface area (Å²) in [5.41, 5.74) is 0.818. The van der Waals surface area contributed by atoms with Crippen molar-refractivity contribution in [2.24, 2.45) is 0 Å². The van der Waals surface area contributed by atoms with Crippen molar-refractivity contribution in [3.63, 3.8) is 0 Å². The molecule has 0 saturated carbocycles. The van der Waals surface area contributed by atoms with Gasteiger partial charge in [0, 0.05) is 13.5 Å². The molecule has 0 aromatic heterocycles. The molecule has 6 nitrogen and oxygen atoms in total. The van der Waals surface area contributed by atoms with Gasteiger partial charge < -0.3 is 19.1 Å². The Bertz CT molecular complexity index is 574. The molecular weight excluding hydrogens is 286 g/mol. The number of hydrogen-bond donors (Lipinski definition) is 0. The maximum atomic E-state index is 11.5. The van der Waals surface area contributed by atoms with Crippen LogP contribution in [0.25, 0.3) is 0 Å². The molecule has 0 aliphatic carbocycles. The molecule has 22 heavy (non-hydrogen) atoms. The Kier molecular flexibility index (Phi) is 4.18. The maximum Gasteiger partial charge on any atom is 0.303 e. The number of rotatable bonds is 4. The number of ether oxygens (including phenoxy) is 3. The van der Waals surface area contributed by atoms with Gasteiger partial charge in [-0.25, -0.2) is 0 Å². The van der Waals surface area contributed by atoms with E-state index >= 15 is 0 Å². The zero-order chi connectivity index (χ0) is 15.5. The van der Waals surface area contributed by atoms with Crippen LogP contribution in [0.4, 0.5) is 0 Å². The molecule has 2 heterocycles. The van der Waals surface area contributed by atoms with E-state index in [1.807, 2.05) is 18.2 Å². The average Bonchev–Trinajstić information content (AvgIpc) is 3.00. The van der Waals surface area contributed by atoms with E-state index in [2.05, 4.69) is 0 Å². The molecule has 1 saturated heterocycles. The van der Waals surface area contributed by atoms with Gasteiger partial charge in [0.2, 0.25) is 13.2 Å². The average molecular weight is 305 g/mol. The predicted octanol–water partition coefficient (Wildman–Crippen LogP) is 2.03. The lowest BCUT2D eigenvalue weighted by atomic mass is 9.93. The van der Waals surface area contributed by atoms with Gasteiger partial charge in [-0.1, -0.05) is 6.07 Å². The number of fused-ring (bicyclic) bond motifs is 1. The Morgan fingerprint density at radius 3 is 2.95 bits per heavy atom. The largest absolute Gasteiger partial charge is 0.455 e. The van der Waals surface area contributed by atoms with E-state index in [1.54, 1.807) is 4.90 Å². The zero-order valence-electron chi connectivity index (χ0n) is 12.5. The van der Waals surface area contributed by atoms with Crippen molar-refractivity contribution in [1.29, 1.82) is 0 Å². The summed E-state index contributed by atoms with van der Waals surface area (Å²) in [6.45, 7) is 2.27. The van der Waals surface area contributed by atoms with Gasteiger partial charge in [0.1, 0.15) is 6.10 Å². The van der Waals surface area contributed by atoms with Gasteiger partial charge in [0.25, 0.3) is 0 Å². The fourth-order valence-corrected chi connectivity index (χ4v) is 3.07. The Morgan fingerprint density at radius 1 is 1.36 bits per heavy atom. The second-order valence-corrected chi connectivity index (χ2v) is 5.55. The first-order valence-electron chi connectivity index (χ1n) is 7.47. The maximum absolute atomic E-state index is 11.5. The summed E-state index contributed by atoms with van der Waals surface area (Å²) >= 11 is 0. The highest BCUT2D eigenvalue weighted by atomic mass is 16.7. The van der Waals surface area contributed by atoms with Gasteiger partial charge in [-0.15, -0.1) is 0 Å². The lowest BCUT2D eigenvalue weighted by molar-refractivity contribution is -0.153. The number of benzene rings is 1. The molecule has 6 heteroatoms. The standard InChI is InChI=1S/C16H19NO5/c1-11(19)22-16(13-4-2-3-7-17(13)9-18)12-5-6-14-15(8-12)21-10-20-14/h5-6,8-9,13,16H,2-4,7,10H2,1H3/t13-,16-/m1/s1. The van der Waals surface area contributed by atoms with Crippen molar-refractivity contribution < 1.29 is 23.8 Å². The molecule has 1 fully saturated rings. The van der Waals surface area contributed by atoms with Gasteiger partial charge in [-0.05, 0) is 37.0 Å². The minimum Gasteiger partial charge on any atom is -0.455 e. The quantitative estimate of drug-likeness (QED) is 0.629. The molecule has 2 aliphatic rings. The van der Waals surface area contributed by atoms with Crippen molar-refractivity contribution in [3.8, 4) is 11.5 Å². The predicted molar refractivity (Wildman–Crippen MR) is 77.5 cm³/mol. The first-order chi connectivity index (χ1) is 10.7. The second kappa shape index (κ2) is 6.25. The van der Waals surface area contributed by atoms with E-state index in [4.69, 9.17) is 14.2 Å². The highest BCUT2D eigenvalue weighted by molar-refractivity contribution is 5.66. The van der Waals surface area contributed by atoms with Crippen molar-refractivity contribution in [1.82, 2.24) is 4.90 Å². The van der Waals surface area contributed by atoms with Gasteiger partial charge in [0.15, 0.2) is 11.5 Å². The molecule has 2 aliphatic heterocycles. The number of amides is 1. The number of likely N-dealkylation sites (tertiary alicyclic amines) is 1. The Balaban J connectivity index is 1.91. The first kappa shape index (κ1) is 14.7. The van der Waals surface area contributed by atoms with E-state index in [9.17, 15) is 9.59 Å². The van der Waals surface area contributed by atoms with E-state index < -0.39 is 6.10 Å². The number of nitrogens with zero attached hydrogens (tertiary/aromatic N) is 1. The van der Waals surface area contributed by atoms with Crippen molar-refractivity contribution in [3.05, 3.63) is 23.8 Å². The fraction of sp³-hybridized carbons (Fsp3) is 0.500. The molecular formula is C16H19NO5. The Labute approximate surface area is 128 Å². The third kappa shape index (κ3) is 2.86. The SMILES string of the molecule is CC(=O)O[C@H](c1ccc2c(c1)OCO2)[C@H]1CCCCN1C=O. The number of esters is 1. The van der Waals surface area contributed by atoms with Gasteiger partial charge in [-0.3, -0.25) is 9.59 Å². The zero-order valence-corrected chi connectivity index (χ0v) is 12.5. The van der Waals surface area contributed by atoms with Crippen LogP contribution in [0.5, 0.6) is 11.5 Å². The van der Waals surface area contributed by atoms with Crippen molar-refractivity contribution in [2.75, 3.05) is 13.3 Å². The number of hydrogen-bond acceptors (Lipinski definition) is 5. The molecule has 3 rings (SSSR count). The number of piperidine rings is 1. The third-order valence-corrected chi connectivity index (χ3v) is 4.10. The summed E-state index contributed by atoms with van der Waals surface area (Å²) < 4.78 is 16.2. The van der Waals surface area contributed by atoms with Crippen LogP contribution in [0, 0.1) is 0 Å². The number of carbonyl (C=O) groups excluding carboxylic acids is 2. The molecule has 1 amide bonds. The molecule has 0 spiro atoms. The molecule has 1 aromatic rings. The molecule has 1 aromatic carbocycles. The van der Waals surface area contributed by atoms with Crippen LogP contribution in [0.3, 0.4) is 0 Å². The number of carbonyl (C=O) groups is 2. The molecule has 2 atom stereocenters. The summed E-state index contributed by atoms with van der Waals surface area (Å²) in [4.78, 5) is 24.6. The van der Waals surface area contributed by atoms with Crippen molar-refractivity contribution >= 4 is 12.4 Å². The van der Waals surface area contributed by atoms with E-state index in [0.717, 1.165) is 31.2 Å². The topological polar surface area (TPSA) is 65.1 Å². The molecule has 0 N–H and O–H groups in total. The first-order valence-corrected chi connectivity index (χ1v) is 7.47. The third-order valence-electron chi connectivity index (χ3n) is 4.10. The minimum absolute atomic E-state index is 0.143. The molecule has 0 unspecified atom stereocenters. The van der Waals surface area contributed by atoms with Crippen LogP contribution >= 0.6 is 0 Å². The summed E-state index contributed by atoms with van der Waals surface area (Å²) in [5, 5.41) is 0. The molecule has 0 bridgehead atoms. The van der Waals surface area contributed by atoms with Gasteiger partial charge >= 0.3 is 5.97 Å². The van der Waals surface area contributed by atoms with E-state index in [1.165, 1.54) is 6.92 Å². The lowest BCUT2D eigenvalue weighted by Crippen LogP contribution is -2.43. The normalized spacial score (nSPS) is 21.3. The summed E-state index contributed by atoms with van der Waals surface area (Å²) in [6, 6.07) is 5.35. The Morgan fingerprint density at radius 2 is 2.18 bits per heavy atom. The lowest BCUT2D eigenvalue weighted by Gasteiger charge is -2.37. The monoisotopic (exact) mass is 305 g/mol. The fourth-order valence-electron chi connectivity index (χ4n) is 3.07. The van der Waals surface area contributed by atoms with Gasteiger partial charge in [0.05, 0.1) is 6.04 Å².